The van der Waals surface area contributed by atoms with Crippen molar-refractivity contribution in [2.45, 2.75) is 4.90 Å². The smallest absolute Gasteiger partial charge is 0.131 e. The Bertz CT molecular complexity index is 436. The molecule has 0 fully saturated rings. The number of halogens is 1. The number of fused-ring (bicyclic) bond motifs is 1. The number of hydrogen-bond donors (Lipinski definition) is 2. The Hall–Kier alpha value is 0.0600. The summed E-state index contributed by atoms with van der Waals surface area (Å²) in [5.41, 5.74) is 0. The van der Waals surface area contributed by atoms with Gasteiger partial charge in [0.25, 0.3) is 0 Å². The number of phenolic OH excluding ortho intramolecular Hbond substituents is 1. The number of phenols is 1. The van der Waals surface area contributed by atoms with Crippen molar-refractivity contribution in [2.75, 3.05) is 0 Å². The third-order valence-electron chi connectivity index (χ3n) is 1.65. The fraction of sp³-hybridized carbons (Fsp3) is 0. The molecule has 0 radical (unpaired) electrons. The van der Waals surface area contributed by atoms with Crippen molar-refractivity contribution in [1.82, 2.24) is 0 Å². The van der Waals surface area contributed by atoms with E-state index in [-0.39, 0.29) is 0 Å². The molecule has 2 aromatic rings. The highest BCUT2D eigenvalue weighted by molar-refractivity contribution is 14.1. The van der Waals surface area contributed by atoms with E-state index in [2.05, 4.69) is 35.2 Å². The molecule has 12 heavy (non-hydrogen) atoms. The molecule has 1 N–H and O–H groups in total. The van der Waals surface area contributed by atoms with Crippen molar-refractivity contribution in [3.8, 4) is 5.75 Å². The first-order valence-corrected chi connectivity index (χ1v) is 5.68. The normalized spacial score (nSPS) is 10.8. The third kappa shape index (κ3) is 1.22. The summed E-state index contributed by atoms with van der Waals surface area (Å²) in [5, 5.41) is 12.6. The molecule has 0 unspecified atom stereocenters. The van der Waals surface area contributed by atoms with Crippen LogP contribution in [-0.2, 0) is 0 Å². The highest BCUT2D eigenvalue weighted by Gasteiger charge is 2.07. The molecule has 0 saturated carbocycles. The van der Waals surface area contributed by atoms with Crippen LogP contribution in [-0.4, -0.2) is 5.11 Å². The van der Waals surface area contributed by atoms with Crippen LogP contribution in [0.2, 0.25) is 0 Å². The van der Waals surface area contributed by atoms with Gasteiger partial charge in [0.2, 0.25) is 0 Å². The van der Waals surface area contributed by atoms with Crippen molar-refractivity contribution in [2.24, 2.45) is 0 Å². The summed E-state index contributed by atoms with van der Waals surface area (Å²) in [6.07, 6.45) is 0. The molecule has 0 spiro atoms. The lowest BCUT2D eigenvalue weighted by Gasteiger charge is -2.01. The first-order valence-electron chi connectivity index (χ1n) is 3.28. The van der Waals surface area contributed by atoms with Gasteiger partial charge in [-0.1, -0.05) is 0 Å². The summed E-state index contributed by atoms with van der Waals surface area (Å²) in [6.45, 7) is 0. The zero-order valence-corrected chi connectivity index (χ0v) is 9.78. The second kappa shape index (κ2) is 3.08. The SMILES string of the molecule is Oc1cc2sccc2c(S)c1I. The number of benzene rings is 1. The van der Waals surface area contributed by atoms with Crippen LogP contribution in [0.4, 0.5) is 0 Å². The molecule has 1 heterocycles. The zero-order chi connectivity index (χ0) is 8.72. The topological polar surface area (TPSA) is 20.2 Å². The molecule has 0 atom stereocenters. The highest BCUT2D eigenvalue weighted by atomic mass is 127. The second-order valence-electron chi connectivity index (χ2n) is 2.39. The van der Waals surface area contributed by atoms with Crippen LogP contribution >= 0.6 is 46.6 Å². The average Bonchev–Trinajstić information content (AvgIpc) is 2.48. The molecule has 62 valence electrons. The lowest BCUT2D eigenvalue weighted by Crippen LogP contribution is -1.77. The Balaban J connectivity index is 2.94. The lowest BCUT2D eigenvalue weighted by molar-refractivity contribution is 0.471. The van der Waals surface area contributed by atoms with E-state index in [0.29, 0.717) is 5.75 Å². The quantitative estimate of drug-likeness (QED) is 0.564. The minimum atomic E-state index is 0.315. The number of thiophene rings is 1. The first kappa shape index (κ1) is 8.65. The van der Waals surface area contributed by atoms with E-state index in [9.17, 15) is 5.11 Å². The molecular weight excluding hydrogens is 303 g/mol. The predicted octanol–water partition coefficient (Wildman–Crippen LogP) is 3.50. The molecule has 0 aliphatic carbocycles. The predicted molar refractivity (Wildman–Crippen MR) is 63.5 cm³/mol. The summed E-state index contributed by atoms with van der Waals surface area (Å²) in [7, 11) is 0. The van der Waals surface area contributed by atoms with Crippen molar-refractivity contribution >= 4 is 56.6 Å². The minimum Gasteiger partial charge on any atom is -0.507 e. The molecule has 4 heteroatoms. The van der Waals surface area contributed by atoms with Gasteiger partial charge in [0.1, 0.15) is 5.75 Å². The van der Waals surface area contributed by atoms with E-state index in [0.717, 1.165) is 18.6 Å². The number of hydrogen-bond acceptors (Lipinski definition) is 3. The standard InChI is InChI=1S/C8H5IOS2/c9-7-5(10)3-6-4(8(7)11)1-2-12-6/h1-3,10-11H. The largest absolute Gasteiger partial charge is 0.507 e. The van der Waals surface area contributed by atoms with Crippen LogP contribution in [0.25, 0.3) is 10.1 Å². The van der Waals surface area contributed by atoms with Crippen LogP contribution < -0.4 is 0 Å². The van der Waals surface area contributed by atoms with Crippen molar-refractivity contribution in [1.29, 1.82) is 0 Å². The van der Waals surface area contributed by atoms with Crippen LogP contribution in [0.15, 0.2) is 22.4 Å². The Morgan fingerprint density at radius 1 is 1.50 bits per heavy atom. The van der Waals surface area contributed by atoms with Crippen LogP contribution in [0.5, 0.6) is 5.75 Å². The van der Waals surface area contributed by atoms with Gasteiger partial charge in [0, 0.05) is 15.0 Å². The van der Waals surface area contributed by atoms with E-state index in [1.807, 2.05) is 11.4 Å². The number of thiol groups is 1. The monoisotopic (exact) mass is 308 g/mol. The Morgan fingerprint density at radius 2 is 2.25 bits per heavy atom. The summed E-state index contributed by atoms with van der Waals surface area (Å²) in [5.74, 6) is 0.315. The van der Waals surface area contributed by atoms with Gasteiger partial charge >= 0.3 is 0 Å². The fourth-order valence-electron chi connectivity index (χ4n) is 1.06. The van der Waals surface area contributed by atoms with Crippen molar-refractivity contribution < 1.29 is 5.11 Å². The van der Waals surface area contributed by atoms with E-state index >= 15 is 0 Å². The van der Waals surface area contributed by atoms with Crippen LogP contribution in [0, 0.1) is 3.57 Å². The first-order chi connectivity index (χ1) is 5.70. The molecule has 0 bridgehead atoms. The molecule has 0 amide bonds. The molecule has 0 aliphatic rings. The molecule has 2 rings (SSSR count). The summed E-state index contributed by atoms with van der Waals surface area (Å²) >= 11 is 8.04. The summed E-state index contributed by atoms with van der Waals surface area (Å²) in [4.78, 5) is 0.867. The zero-order valence-electron chi connectivity index (χ0n) is 5.91. The maximum atomic E-state index is 9.47. The average molecular weight is 308 g/mol. The minimum absolute atomic E-state index is 0.315. The summed E-state index contributed by atoms with van der Waals surface area (Å²) < 4.78 is 1.90. The Morgan fingerprint density at radius 3 is 3.00 bits per heavy atom. The molecule has 1 aromatic carbocycles. The molecule has 0 aliphatic heterocycles. The lowest BCUT2D eigenvalue weighted by atomic mass is 10.2. The van der Waals surface area contributed by atoms with Crippen molar-refractivity contribution in [3.63, 3.8) is 0 Å². The van der Waals surface area contributed by atoms with Gasteiger partial charge in [0.05, 0.1) is 3.57 Å². The number of aromatic hydroxyl groups is 1. The van der Waals surface area contributed by atoms with Crippen molar-refractivity contribution in [3.05, 3.63) is 21.1 Å². The molecule has 1 nitrogen and oxygen atoms in total. The van der Waals surface area contributed by atoms with Gasteiger partial charge in [-0.3, -0.25) is 0 Å². The third-order valence-corrected chi connectivity index (χ3v) is 4.50. The molecule has 0 saturated heterocycles. The van der Waals surface area contributed by atoms with Gasteiger partial charge in [-0.2, -0.15) is 0 Å². The second-order valence-corrected chi connectivity index (χ2v) is 4.86. The van der Waals surface area contributed by atoms with Crippen LogP contribution in [0.1, 0.15) is 0 Å². The van der Waals surface area contributed by atoms with Gasteiger partial charge in [-0.15, -0.1) is 24.0 Å². The maximum absolute atomic E-state index is 9.47. The van der Waals surface area contributed by atoms with E-state index in [4.69, 9.17) is 0 Å². The number of rotatable bonds is 0. The van der Waals surface area contributed by atoms with E-state index in [1.54, 1.807) is 17.4 Å². The maximum Gasteiger partial charge on any atom is 0.131 e. The Labute approximate surface area is 93.0 Å². The van der Waals surface area contributed by atoms with Gasteiger partial charge in [-0.25, -0.2) is 0 Å². The Kier molecular flexibility index (Phi) is 2.22. The summed E-state index contributed by atoms with van der Waals surface area (Å²) in [6, 6.07) is 3.80. The highest BCUT2D eigenvalue weighted by Crippen LogP contribution is 2.36. The van der Waals surface area contributed by atoms with E-state index in [1.165, 1.54) is 0 Å². The fourth-order valence-corrected chi connectivity index (χ4v) is 2.71. The van der Waals surface area contributed by atoms with Crippen LogP contribution in [0.3, 0.4) is 0 Å². The molecule has 1 aromatic heterocycles. The van der Waals surface area contributed by atoms with Gasteiger partial charge < -0.3 is 5.11 Å². The van der Waals surface area contributed by atoms with E-state index < -0.39 is 0 Å². The van der Waals surface area contributed by atoms with Gasteiger partial charge in [-0.05, 0) is 40.1 Å². The molecular formula is C8H5IOS2. The van der Waals surface area contributed by atoms with Gasteiger partial charge in [0.15, 0.2) is 0 Å².